The molecule has 74 valence electrons. The number of ether oxygens (including phenoxy) is 1. The number of aliphatic hydroxyl groups is 1. The summed E-state index contributed by atoms with van der Waals surface area (Å²) in [6.45, 7) is 8.24. The third kappa shape index (κ3) is 4.01. The van der Waals surface area contributed by atoms with Crippen LogP contribution in [0.25, 0.3) is 0 Å². The lowest BCUT2D eigenvalue weighted by atomic mass is 10.2. The molecule has 0 radical (unpaired) electrons. The fourth-order valence-corrected chi connectivity index (χ4v) is 0.727. The number of hydrogen-bond acceptors (Lipinski definition) is 4. The molecule has 4 heteroatoms. The van der Waals surface area contributed by atoms with E-state index in [9.17, 15) is 5.11 Å². The number of hydroxylamine groups is 1. The van der Waals surface area contributed by atoms with E-state index < -0.39 is 11.9 Å². The molecule has 0 aliphatic rings. The Labute approximate surface area is 73.8 Å². The highest BCUT2D eigenvalue weighted by Crippen LogP contribution is 2.13. The van der Waals surface area contributed by atoms with Gasteiger partial charge in [-0.15, -0.1) is 0 Å². The van der Waals surface area contributed by atoms with Gasteiger partial charge in [-0.2, -0.15) is 0 Å². The molecular weight excluding hydrogens is 158 g/mol. The van der Waals surface area contributed by atoms with E-state index in [1.165, 1.54) is 0 Å². The number of hydrogen-bond donors (Lipinski definition) is 2. The Morgan fingerprint density at radius 1 is 1.50 bits per heavy atom. The molecule has 0 saturated heterocycles. The van der Waals surface area contributed by atoms with Gasteiger partial charge in [0.2, 0.25) is 0 Å². The molecule has 2 atom stereocenters. The van der Waals surface area contributed by atoms with Crippen LogP contribution in [0.4, 0.5) is 0 Å². The van der Waals surface area contributed by atoms with Crippen molar-refractivity contribution in [1.82, 2.24) is 5.48 Å². The molecule has 0 aromatic carbocycles. The fraction of sp³-hybridized carbons (Fsp3) is 1.00. The fourth-order valence-electron chi connectivity index (χ4n) is 0.727. The summed E-state index contributed by atoms with van der Waals surface area (Å²) in [4.78, 5) is 5.08. The first-order valence-electron chi connectivity index (χ1n) is 4.29. The summed E-state index contributed by atoms with van der Waals surface area (Å²) in [5.74, 6) is -1.23. The molecule has 2 N–H and O–H groups in total. The maximum absolute atomic E-state index is 9.62. The Morgan fingerprint density at radius 3 is 2.50 bits per heavy atom. The summed E-state index contributed by atoms with van der Waals surface area (Å²) in [6, 6.07) is 0. The third-order valence-corrected chi connectivity index (χ3v) is 1.60. The Kier molecular flexibility index (Phi) is 5.41. The predicted molar refractivity (Wildman–Crippen MR) is 46.5 cm³/mol. The van der Waals surface area contributed by atoms with E-state index in [1.807, 2.05) is 13.8 Å². The molecule has 0 amide bonds. The first kappa shape index (κ1) is 11.8. The molecule has 0 saturated carbocycles. The van der Waals surface area contributed by atoms with Crippen LogP contribution < -0.4 is 5.48 Å². The molecule has 0 spiro atoms. The van der Waals surface area contributed by atoms with Crippen LogP contribution in [0.15, 0.2) is 0 Å². The molecule has 2 unspecified atom stereocenters. The van der Waals surface area contributed by atoms with Crippen LogP contribution in [0.3, 0.4) is 0 Å². The minimum absolute atomic E-state index is 0.391. The average molecular weight is 177 g/mol. The molecule has 0 aromatic rings. The highest BCUT2D eigenvalue weighted by Gasteiger charge is 2.29. The van der Waals surface area contributed by atoms with E-state index in [0.29, 0.717) is 13.2 Å². The highest BCUT2D eigenvalue weighted by atomic mass is 16.7. The second kappa shape index (κ2) is 5.48. The van der Waals surface area contributed by atoms with Crippen molar-refractivity contribution in [1.29, 1.82) is 0 Å². The Bertz CT molecular complexity index is 117. The monoisotopic (exact) mass is 177 g/mol. The Balaban J connectivity index is 3.79. The second-order valence-electron chi connectivity index (χ2n) is 2.75. The summed E-state index contributed by atoms with van der Waals surface area (Å²) >= 11 is 0. The van der Waals surface area contributed by atoms with E-state index in [-0.39, 0.29) is 0 Å². The van der Waals surface area contributed by atoms with Gasteiger partial charge >= 0.3 is 0 Å². The average Bonchev–Trinajstić information content (AvgIpc) is 2.00. The molecule has 0 fully saturated rings. The summed E-state index contributed by atoms with van der Waals surface area (Å²) in [7, 11) is 0. The molecule has 0 heterocycles. The van der Waals surface area contributed by atoms with E-state index in [4.69, 9.17) is 9.57 Å². The van der Waals surface area contributed by atoms with Crippen LogP contribution in [0.1, 0.15) is 27.7 Å². The van der Waals surface area contributed by atoms with Crippen LogP contribution in [0.5, 0.6) is 0 Å². The van der Waals surface area contributed by atoms with Crippen molar-refractivity contribution in [3.05, 3.63) is 0 Å². The zero-order valence-electron chi connectivity index (χ0n) is 8.26. The van der Waals surface area contributed by atoms with Gasteiger partial charge in [0, 0.05) is 13.2 Å². The standard InChI is InChI=1S/C8H19NO3/c1-5-9-12-7(3)8(4,10)11-6-2/h7,9-10H,5-6H2,1-4H3. The van der Waals surface area contributed by atoms with Crippen LogP contribution in [0, 0.1) is 0 Å². The molecule has 0 aliphatic carbocycles. The maximum Gasteiger partial charge on any atom is 0.191 e. The van der Waals surface area contributed by atoms with Gasteiger partial charge < -0.3 is 9.84 Å². The van der Waals surface area contributed by atoms with Crippen molar-refractivity contribution >= 4 is 0 Å². The molecule has 12 heavy (non-hydrogen) atoms. The van der Waals surface area contributed by atoms with Gasteiger partial charge in [0.1, 0.15) is 6.10 Å². The van der Waals surface area contributed by atoms with Gasteiger partial charge in [-0.3, -0.25) is 4.84 Å². The topological polar surface area (TPSA) is 50.7 Å². The molecular formula is C8H19NO3. The summed E-state index contributed by atoms with van der Waals surface area (Å²) in [6.07, 6.45) is -0.391. The second-order valence-corrected chi connectivity index (χ2v) is 2.75. The summed E-state index contributed by atoms with van der Waals surface area (Å²) in [5.41, 5.74) is 2.67. The van der Waals surface area contributed by atoms with Crippen molar-refractivity contribution in [2.75, 3.05) is 13.2 Å². The quantitative estimate of drug-likeness (QED) is 0.462. The van der Waals surface area contributed by atoms with Gasteiger partial charge in [-0.25, -0.2) is 5.48 Å². The smallest absolute Gasteiger partial charge is 0.191 e. The van der Waals surface area contributed by atoms with E-state index >= 15 is 0 Å². The summed E-state index contributed by atoms with van der Waals surface area (Å²) < 4.78 is 5.08. The third-order valence-electron chi connectivity index (χ3n) is 1.60. The van der Waals surface area contributed by atoms with Gasteiger partial charge in [-0.05, 0) is 20.8 Å². The van der Waals surface area contributed by atoms with E-state index in [0.717, 1.165) is 0 Å². The zero-order chi connectivity index (χ0) is 9.61. The van der Waals surface area contributed by atoms with E-state index in [2.05, 4.69) is 5.48 Å². The van der Waals surface area contributed by atoms with Crippen LogP contribution in [-0.2, 0) is 9.57 Å². The molecule has 0 aromatic heterocycles. The number of rotatable bonds is 6. The first-order valence-corrected chi connectivity index (χ1v) is 4.29. The van der Waals surface area contributed by atoms with Gasteiger partial charge in [0.25, 0.3) is 0 Å². The van der Waals surface area contributed by atoms with Crippen molar-refractivity contribution in [3.63, 3.8) is 0 Å². The van der Waals surface area contributed by atoms with Gasteiger partial charge in [-0.1, -0.05) is 6.92 Å². The Morgan fingerprint density at radius 2 is 2.08 bits per heavy atom. The molecule has 0 rings (SSSR count). The highest BCUT2D eigenvalue weighted by molar-refractivity contribution is 4.67. The lowest BCUT2D eigenvalue weighted by Crippen LogP contribution is -2.44. The predicted octanol–water partition coefficient (Wildman–Crippen LogP) is 0.661. The Hall–Kier alpha value is -0.160. The van der Waals surface area contributed by atoms with E-state index in [1.54, 1.807) is 13.8 Å². The van der Waals surface area contributed by atoms with Crippen LogP contribution >= 0.6 is 0 Å². The lowest BCUT2D eigenvalue weighted by molar-refractivity contribution is -0.261. The van der Waals surface area contributed by atoms with Crippen molar-refractivity contribution < 1.29 is 14.7 Å². The normalized spacial score (nSPS) is 18.8. The lowest BCUT2D eigenvalue weighted by Gasteiger charge is -2.29. The van der Waals surface area contributed by atoms with Crippen LogP contribution in [0.2, 0.25) is 0 Å². The van der Waals surface area contributed by atoms with Crippen molar-refractivity contribution in [3.8, 4) is 0 Å². The minimum atomic E-state index is -1.23. The van der Waals surface area contributed by atoms with Crippen molar-refractivity contribution in [2.24, 2.45) is 0 Å². The van der Waals surface area contributed by atoms with Crippen molar-refractivity contribution in [2.45, 2.75) is 39.6 Å². The summed E-state index contributed by atoms with van der Waals surface area (Å²) in [5, 5.41) is 9.62. The molecule has 4 nitrogen and oxygen atoms in total. The van der Waals surface area contributed by atoms with Gasteiger partial charge in [0.15, 0.2) is 5.79 Å². The first-order chi connectivity index (χ1) is 5.54. The molecule has 0 aliphatic heterocycles. The zero-order valence-corrected chi connectivity index (χ0v) is 8.26. The SMILES string of the molecule is CCNOC(C)C(C)(O)OCC. The maximum atomic E-state index is 9.62. The van der Waals surface area contributed by atoms with Gasteiger partial charge in [0.05, 0.1) is 0 Å². The minimum Gasteiger partial charge on any atom is -0.364 e. The number of nitrogens with one attached hydrogen (secondary N) is 1. The largest absolute Gasteiger partial charge is 0.364 e. The van der Waals surface area contributed by atoms with Crippen LogP contribution in [-0.4, -0.2) is 30.1 Å². The molecule has 0 bridgehead atoms.